The highest BCUT2D eigenvalue weighted by molar-refractivity contribution is 5.92. The molecular formula is C17H22N4O2. The quantitative estimate of drug-likeness (QED) is 0.873. The van der Waals surface area contributed by atoms with Gasteiger partial charge in [0.05, 0.1) is 12.2 Å². The Morgan fingerprint density at radius 3 is 2.87 bits per heavy atom. The van der Waals surface area contributed by atoms with Crippen LogP contribution in [0.25, 0.3) is 0 Å². The molecule has 1 aliphatic heterocycles. The summed E-state index contributed by atoms with van der Waals surface area (Å²) >= 11 is 0. The zero-order valence-electron chi connectivity index (χ0n) is 13.4. The molecule has 0 N–H and O–H groups in total. The van der Waals surface area contributed by atoms with Gasteiger partial charge in [-0.2, -0.15) is 5.10 Å². The monoisotopic (exact) mass is 314 g/mol. The molecule has 3 heterocycles. The third-order valence-electron chi connectivity index (χ3n) is 4.85. The van der Waals surface area contributed by atoms with Crippen molar-refractivity contribution in [2.24, 2.45) is 7.05 Å². The van der Waals surface area contributed by atoms with Gasteiger partial charge in [-0.3, -0.25) is 9.48 Å². The van der Waals surface area contributed by atoms with Crippen LogP contribution in [0.2, 0.25) is 0 Å². The van der Waals surface area contributed by atoms with Crippen molar-refractivity contribution in [2.75, 3.05) is 6.54 Å². The molecule has 0 spiro atoms. The van der Waals surface area contributed by atoms with Crippen LogP contribution in [0.1, 0.15) is 72.3 Å². The molecule has 1 aliphatic carbocycles. The van der Waals surface area contributed by atoms with Crippen LogP contribution < -0.4 is 0 Å². The molecule has 4 rings (SSSR count). The summed E-state index contributed by atoms with van der Waals surface area (Å²) < 4.78 is 7.16. The number of rotatable bonds is 3. The van der Waals surface area contributed by atoms with Crippen molar-refractivity contribution in [3.05, 3.63) is 35.5 Å². The van der Waals surface area contributed by atoms with Crippen LogP contribution in [0.3, 0.4) is 0 Å². The molecule has 2 fully saturated rings. The molecule has 6 nitrogen and oxygen atoms in total. The maximum Gasteiger partial charge on any atom is 0.276 e. The number of aryl methyl sites for hydroxylation is 1. The number of likely N-dealkylation sites (tertiary alicyclic amines) is 1. The summed E-state index contributed by atoms with van der Waals surface area (Å²) in [5.74, 6) is 1.32. The van der Waals surface area contributed by atoms with E-state index in [-0.39, 0.29) is 11.9 Å². The Bertz CT molecular complexity index is 701. The third kappa shape index (κ3) is 2.90. The van der Waals surface area contributed by atoms with E-state index in [9.17, 15) is 4.79 Å². The van der Waals surface area contributed by atoms with Gasteiger partial charge >= 0.3 is 0 Å². The van der Waals surface area contributed by atoms with E-state index >= 15 is 0 Å². The van der Waals surface area contributed by atoms with Gasteiger partial charge in [0.15, 0.2) is 5.69 Å². The minimum atomic E-state index is -0.0172. The number of carbonyl (C=O) groups is 1. The Morgan fingerprint density at radius 2 is 2.13 bits per heavy atom. The van der Waals surface area contributed by atoms with Gasteiger partial charge < -0.3 is 9.42 Å². The first-order chi connectivity index (χ1) is 11.2. The normalized spacial score (nSPS) is 22.1. The Labute approximate surface area is 135 Å². The van der Waals surface area contributed by atoms with Gasteiger partial charge in [-0.15, -0.1) is 0 Å². The second-order valence-electron chi connectivity index (χ2n) is 6.70. The highest BCUT2D eigenvalue weighted by atomic mass is 16.5. The van der Waals surface area contributed by atoms with Crippen molar-refractivity contribution in [3.63, 3.8) is 0 Å². The van der Waals surface area contributed by atoms with E-state index < -0.39 is 0 Å². The lowest BCUT2D eigenvalue weighted by atomic mass is 10.0. The van der Waals surface area contributed by atoms with Crippen LogP contribution in [0.5, 0.6) is 0 Å². The average molecular weight is 314 g/mol. The molecule has 0 aromatic carbocycles. The standard InChI is InChI=1S/C17H22N4O2/c1-20-11-13(10-18-20)15-5-3-2-4-8-21(15)17(22)14-9-16(23-19-14)12-6-7-12/h9-12,15H,2-8H2,1H3. The Morgan fingerprint density at radius 1 is 1.26 bits per heavy atom. The van der Waals surface area contributed by atoms with E-state index in [2.05, 4.69) is 10.3 Å². The van der Waals surface area contributed by atoms with Gasteiger partial charge in [-0.1, -0.05) is 18.0 Å². The topological polar surface area (TPSA) is 64.2 Å². The van der Waals surface area contributed by atoms with Crippen LogP contribution in [0, 0.1) is 0 Å². The van der Waals surface area contributed by atoms with E-state index in [1.165, 1.54) is 0 Å². The highest BCUT2D eigenvalue weighted by Gasteiger charge is 2.33. The molecule has 1 atom stereocenters. The number of aromatic nitrogens is 3. The zero-order chi connectivity index (χ0) is 15.8. The molecule has 122 valence electrons. The van der Waals surface area contributed by atoms with Gasteiger partial charge in [-0.25, -0.2) is 0 Å². The third-order valence-corrected chi connectivity index (χ3v) is 4.85. The largest absolute Gasteiger partial charge is 0.360 e. The molecule has 2 aromatic heterocycles. The molecule has 1 saturated carbocycles. The number of hydrogen-bond donors (Lipinski definition) is 0. The minimum Gasteiger partial charge on any atom is -0.360 e. The van der Waals surface area contributed by atoms with Crippen molar-refractivity contribution >= 4 is 5.91 Å². The fourth-order valence-corrected chi connectivity index (χ4v) is 3.41. The molecule has 0 radical (unpaired) electrons. The summed E-state index contributed by atoms with van der Waals surface area (Å²) in [5.41, 5.74) is 1.55. The number of carbonyl (C=O) groups excluding carboxylic acids is 1. The predicted octanol–water partition coefficient (Wildman–Crippen LogP) is 3.04. The molecular weight excluding hydrogens is 292 g/mol. The lowest BCUT2D eigenvalue weighted by Crippen LogP contribution is -2.34. The van der Waals surface area contributed by atoms with Crippen LogP contribution in [-0.2, 0) is 7.05 Å². The van der Waals surface area contributed by atoms with E-state index in [0.29, 0.717) is 11.6 Å². The Hall–Kier alpha value is -2.11. The lowest BCUT2D eigenvalue weighted by Gasteiger charge is -2.28. The van der Waals surface area contributed by atoms with Crippen molar-refractivity contribution < 1.29 is 9.32 Å². The number of amides is 1. The van der Waals surface area contributed by atoms with E-state index in [0.717, 1.165) is 56.4 Å². The fourth-order valence-electron chi connectivity index (χ4n) is 3.41. The summed E-state index contributed by atoms with van der Waals surface area (Å²) in [7, 11) is 1.91. The lowest BCUT2D eigenvalue weighted by molar-refractivity contribution is 0.0670. The first-order valence-electron chi connectivity index (χ1n) is 8.48. The van der Waals surface area contributed by atoms with Crippen molar-refractivity contribution in [1.82, 2.24) is 19.8 Å². The SMILES string of the molecule is Cn1cc(C2CCCCCN2C(=O)c2cc(C3CC3)on2)cn1. The van der Waals surface area contributed by atoms with Gasteiger partial charge in [0.1, 0.15) is 5.76 Å². The number of hydrogen-bond acceptors (Lipinski definition) is 4. The molecule has 23 heavy (non-hydrogen) atoms. The summed E-state index contributed by atoms with van der Waals surface area (Å²) in [6, 6.07) is 1.92. The van der Waals surface area contributed by atoms with Crippen molar-refractivity contribution in [2.45, 2.75) is 50.5 Å². The smallest absolute Gasteiger partial charge is 0.276 e. The summed E-state index contributed by atoms with van der Waals surface area (Å²) in [6.45, 7) is 0.768. The maximum atomic E-state index is 13.0. The summed E-state index contributed by atoms with van der Waals surface area (Å²) in [5, 5.41) is 8.30. The second kappa shape index (κ2) is 5.83. The summed E-state index contributed by atoms with van der Waals surface area (Å²) in [4.78, 5) is 14.9. The Balaban J connectivity index is 1.60. The van der Waals surface area contributed by atoms with Crippen LogP contribution in [0.15, 0.2) is 23.0 Å². The first kappa shape index (κ1) is 14.5. The fraction of sp³-hybridized carbons (Fsp3) is 0.588. The molecule has 1 amide bonds. The average Bonchev–Trinajstić information content (AvgIpc) is 3.21. The van der Waals surface area contributed by atoms with E-state index in [1.807, 2.05) is 30.4 Å². The van der Waals surface area contributed by atoms with Gasteiger partial charge in [-0.05, 0) is 25.7 Å². The molecule has 2 aromatic rings. The van der Waals surface area contributed by atoms with Gasteiger partial charge in [0.2, 0.25) is 0 Å². The highest BCUT2D eigenvalue weighted by Crippen LogP contribution is 2.40. The van der Waals surface area contributed by atoms with E-state index in [4.69, 9.17) is 4.52 Å². The van der Waals surface area contributed by atoms with Crippen molar-refractivity contribution in [1.29, 1.82) is 0 Å². The van der Waals surface area contributed by atoms with Crippen LogP contribution >= 0.6 is 0 Å². The summed E-state index contributed by atoms with van der Waals surface area (Å²) in [6.07, 6.45) is 10.5. The number of nitrogens with zero attached hydrogens (tertiary/aromatic N) is 4. The molecule has 0 bridgehead atoms. The first-order valence-corrected chi connectivity index (χ1v) is 8.48. The molecule has 2 aliphatic rings. The second-order valence-corrected chi connectivity index (χ2v) is 6.70. The van der Waals surface area contributed by atoms with Gasteiger partial charge in [0, 0.05) is 37.3 Å². The molecule has 1 saturated heterocycles. The molecule has 6 heteroatoms. The van der Waals surface area contributed by atoms with Crippen LogP contribution in [0.4, 0.5) is 0 Å². The van der Waals surface area contributed by atoms with E-state index in [1.54, 1.807) is 4.68 Å². The molecule has 1 unspecified atom stereocenters. The van der Waals surface area contributed by atoms with Gasteiger partial charge in [0.25, 0.3) is 5.91 Å². The minimum absolute atomic E-state index is 0.0172. The predicted molar refractivity (Wildman–Crippen MR) is 83.9 cm³/mol. The Kier molecular flexibility index (Phi) is 3.67. The van der Waals surface area contributed by atoms with Crippen LogP contribution in [-0.4, -0.2) is 32.3 Å². The van der Waals surface area contributed by atoms with Crippen molar-refractivity contribution in [3.8, 4) is 0 Å². The zero-order valence-corrected chi connectivity index (χ0v) is 13.4. The maximum absolute atomic E-state index is 13.0.